The van der Waals surface area contributed by atoms with Gasteiger partial charge in [0, 0.05) is 17.1 Å². The number of hydrogen-bond donors (Lipinski definition) is 0. The van der Waals surface area contributed by atoms with E-state index in [0.29, 0.717) is 5.56 Å². The van der Waals surface area contributed by atoms with Gasteiger partial charge in [0.1, 0.15) is 0 Å². The number of ketones is 1. The van der Waals surface area contributed by atoms with Crippen molar-refractivity contribution in [2.45, 2.75) is 0 Å². The van der Waals surface area contributed by atoms with Crippen LogP contribution in [0.3, 0.4) is 0 Å². The van der Waals surface area contributed by atoms with E-state index in [1.165, 1.54) is 0 Å². The van der Waals surface area contributed by atoms with Crippen LogP contribution >= 0.6 is 0 Å². The molecule has 0 bridgehead atoms. The van der Waals surface area contributed by atoms with Crippen molar-refractivity contribution in [2.24, 2.45) is 0 Å². The number of carbonyl (C=O) groups excluding carboxylic acids is 1. The molecule has 0 atom stereocenters. The van der Waals surface area contributed by atoms with Crippen molar-refractivity contribution in [1.29, 1.82) is 0 Å². The van der Waals surface area contributed by atoms with Crippen molar-refractivity contribution in [3.8, 4) is 0 Å². The molecule has 0 fully saturated rings. The summed E-state index contributed by atoms with van der Waals surface area (Å²) in [5, 5.41) is 0.933. The van der Waals surface area contributed by atoms with E-state index in [4.69, 9.17) is 0 Å². The fraction of sp³-hybridized carbons (Fsp3) is 0. The predicted octanol–water partition coefficient (Wildman–Crippen LogP) is 2.86. The minimum absolute atomic E-state index is 0.152. The molecule has 0 aliphatic heterocycles. The zero-order valence-corrected chi connectivity index (χ0v) is 9.58. The first-order valence-corrected chi connectivity index (χ1v) is 5.66. The van der Waals surface area contributed by atoms with E-state index in [1.807, 2.05) is 42.5 Å². The van der Waals surface area contributed by atoms with Crippen LogP contribution in [-0.4, -0.2) is 15.8 Å². The lowest BCUT2D eigenvalue weighted by molar-refractivity contribution is 0.102. The summed E-state index contributed by atoms with van der Waals surface area (Å²) in [6.45, 7) is 0. The van der Waals surface area contributed by atoms with Crippen molar-refractivity contribution in [3.05, 3.63) is 72.2 Å². The van der Waals surface area contributed by atoms with Gasteiger partial charge >= 0.3 is 0 Å². The Morgan fingerprint density at radius 1 is 0.889 bits per heavy atom. The first-order chi connectivity index (χ1) is 8.84. The molecule has 3 aromatic rings. The Labute approximate surface area is 104 Å². The lowest BCUT2D eigenvalue weighted by atomic mass is 10.1. The van der Waals surface area contributed by atoms with E-state index >= 15 is 0 Å². The number of nitrogens with zero attached hydrogens (tertiary/aromatic N) is 2. The summed E-state index contributed by atoms with van der Waals surface area (Å²) in [6.07, 6.45) is 1.68. The maximum absolute atomic E-state index is 12.2. The second-order valence-electron chi connectivity index (χ2n) is 3.95. The van der Waals surface area contributed by atoms with Crippen molar-refractivity contribution >= 4 is 16.7 Å². The van der Waals surface area contributed by atoms with Crippen LogP contribution in [-0.2, 0) is 0 Å². The molecule has 2 aromatic carbocycles. The van der Waals surface area contributed by atoms with Crippen LogP contribution in [0.2, 0.25) is 0 Å². The number of hydrogen-bond acceptors (Lipinski definition) is 3. The Hall–Kier alpha value is -2.55. The zero-order valence-electron chi connectivity index (χ0n) is 9.58. The smallest absolute Gasteiger partial charge is 0.230 e. The van der Waals surface area contributed by atoms with E-state index in [9.17, 15) is 4.79 Å². The normalized spacial score (nSPS) is 10.4. The van der Waals surface area contributed by atoms with Crippen molar-refractivity contribution in [2.75, 3.05) is 0 Å². The number of para-hydroxylation sites is 1. The first kappa shape index (κ1) is 10.6. The van der Waals surface area contributed by atoms with E-state index in [-0.39, 0.29) is 11.6 Å². The maximum atomic E-state index is 12.2. The molecule has 0 spiro atoms. The van der Waals surface area contributed by atoms with Gasteiger partial charge in [-0.15, -0.1) is 0 Å². The molecule has 86 valence electrons. The highest BCUT2D eigenvalue weighted by Gasteiger charge is 2.11. The highest BCUT2D eigenvalue weighted by atomic mass is 16.1. The van der Waals surface area contributed by atoms with E-state index in [1.54, 1.807) is 18.3 Å². The molecule has 0 aliphatic rings. The monoisotopic (exact) mass is 234 g/mol. The van der Waals surface area contributed by atoms with Crippen LogP contribution in [0.15, 0.2) is 60.8 Å². The van der Waals surface area contributed by atoms with Crippen LogP contribution in [0.5, 0.6) is 0 Å². The average Bonchev–Trinajstić information content (AvgIpc) is 2.47. The Bertz CT molecular complexity index is 708. The number of fused-ring (bicyclic) bond motifs is 1. The SMILES string of the molecule is O=C(c1ccccc1)c1ncc2ccccc2n1. The van der Waals surface area contributed by atoms with Gasteiger partial charge in [-0.05, 0) is 6.07 Å². The van der Waals surface area contributed by atoms with Gasteiger partial charge in [0.05, 0.1) is 5.52 Å². The molecule has 3 nitrogen and oxygen atoms in total. The summed E-state index contributed by atoms with van der Waals surface area (Å²) >= 11 is 0. The largest absolute Gasteiger partial charge is 0.285 e. The standard InChI is InChI=1S/C15H10N2O/c18-14(11-6-2-1-3-7-11)15-16-10-12-8-4-5-9-13(12)17-15/h1-10H. The number of benzene rings is 2. The lowest BCUT2D eigenvalue weighted by Gasteiger charge is -2.01. The van der Waals surface area contributed by atoms with Gasteiger partial charge in [-0.1, -0.05) is 48.5 Å². The van der Waals surface area contributed by atoms with Crippen LogP contribution in [0, 0.1) is 0 Å². The fourth-order valence-corrected chi connectivity index (χ4v) is 1.80. The van der Waals surface area contributed by atoms with Crippen LogP contribution < -0.4 is 0 Å². The molecule has 1 aromatic heterocycles. The average molecular weight is 234 g/mol. The van der Waals surface area contributed by atoms with E-state index in [2.05, 4.69) is 9.97 Å². The summed E-state index contributed by atoms with van der Waals surface area (Å²) in [5.74, 6) is 0.0845. The molecule has 3 rings (SSSR count). The zero-order chi connectivity index (χ0) is 12.4. The van der Waals surface area contributed by atoms with Crippen LogP contribution in [0.25, 0.3) is 10.9 Å². The molecule has 0 amide bonds. The molecule has 0 aliphatic carbocycles. The summed E-state index contributed by atoms with van der Waals surface area (Å²) in [7, 11) is 0. The summed E-state index contributed by atoms with van der Waals surface area (Å²) in [5.41, 5.74) is 1.39. The van der Waals surface area contributed by atoms with Crippen molar-refractivity contribution < 1.29 is 4.79 Å². The Balaban J connectivity index is 2.07. The molecular weight excluding hydrogens is 224 g/mol. The van der Waals surface area contributed by atoms with E-state index in [0.717, 1.165) is 10.9 Å². The van der Waals surface area contributed by atoms with Gasteiger partial charge in [0.2, 0.25) is 11.6 Å². The molecule has 3 heteroatoms. The Kier molecular flexibility index (Phi) is 2.57. The van der Waals surface area contributed by atoms with Crippen LogP contribution in [0.4, 0.5) is 0 Å². The Morgan fingerprint density at radius 3 is 2.44 bits per heavy atom. The third kappa shape index (κ3) is 1.86. The fourth-order valence-electron chi connectivity index (χ4n) is 1.80. The van der Waals surface area contributed by atoms with Gasteiger partial charge < -0.3 is 0 Å². The molecule has 0 saturated carbocycles. The number of rotatable bonds is 2. The molecule has 0 N–H and O–H groups in total. The van der Waals surface area contributed by atoms with Gasteiger partial charge in [0.15, 0.2) is 0 Å². The third-order valence-corrected chi connectivity index (χ3v) is 2.73. The number of carbonyl (C=O) groups is 1. The van der Waals surface area contributed by atoms with Crippen molar-refractivity contribution in [1.82, 2.24) is 9.97 Å². The summed E-state index contributed by atoms with van der Waals surface area (Å²) in [4.78, 5) is 20.6. The molecule has 0 radical (unpaired) electrons. The van der Waals surface area contributed by atoms with Gasteiger partial charge in [-0.3, -0.25) is 4.79 Å². The van der Waals surface area contributed by atoms with Gasteiger partial charge in [0.25, 0.3) is 0 Å². The minimum Gasteiger partial charge on any atom is -0.285 e. The molecule has 18 heavy (non-hydrogen) atoms. The first-order valence-electron chi connectivity index (χ1n) is 5.66. The molecule has 0 unspecified atom stereocenters. The molecule has 1 heterocycles. The van der Waals surface area contributed by atoms with Crippen molar-refractivity contribution in [3.63, 3.8) is 0 Å². The second-order valence-corrected chi connectivity index (χ2v) is 3.95. The Morgan fingerprint density at radius 2 is 1.61 bits per heavy atom. The van der Waals surface area contributed by atoms with Gasteiger partial charge in [-0.25, -0.2) is 9.97 Å². The topological polar surface area (TPSA) is 42.9 Å². The quantitative estimate of drug-likeness (QED) is 0.640. The minimum atomic E-state index is -0.152. The molecular formula is C15H10N2O. The van der Waals surface area contributed by atoms with Gasteiger partial charge in [-0.2, -0.15) is 0 Å². The second kappa shape index (κ2) is 4.37. The number of aromatic nitrogens is 2. The third-order valence-electron chi connectivity index (χ3n) is 2.73. The highest BCUT2D eigenvalue weighted by Crippen LogP contribution is 2.12. The lowest BCUT2D eigenvalue weighted by Crippen LogP contribution is -2.06. The summed E-state index contributed by atoms with van der Waals surface area (Å²) in [6, 6.07) is 16.7. The molecule has 0 saturated heterocycles. The predicted molar refractivity (Wildman–Crippen MR) is 69.4 cm³/mol. The highest BCUT2D eigenvalue weighted by molar-refractivity contribution is 6.07. The van der Waals surface area contributed by atoms with Crippen LogP contribution in [0.1, 0.15) is 16.2 Å². The van der Waals surface area contributed by atoms with E-state index < -0.39 is 0 Å². The summed E-state index contributed by atoms with van der Waals surface area (Å²) < 4.78 is 0. The maximum Gasteiger partial charge on any atom is 0.230 e.